The molecule has 1 fully saturated rings. The Bertz CT molecular complexity index is 1120. The van der Waals surface area contributed by atoms with Crippen LogP contribution in [0.2, 0.25) is 5.02 Å². The summed E-state index contributed by atoms with van der Waals surface area (Å²) < 4.78 is 12.4. The van der Waals surface area contributed by atoms with Crippen molar-refractivity contribution in [1.82, 2.24) is 10.2 Å². The molecule has 3 N–H and O–H groups in total. The van der Waals surface area contributed by atoms with E-state index in [1.165, 1.54) is 34.5 Å². The summed E-state index contributed by atoms with van der Waals surface area (Å²) in [6.45, 7) is 4.20. The summed E-state index contributed by atoms with van der Waals surface area (Å²) in [5.41, 5.74) is 2.65. The summed E-state index contributed by atoms with van der Waals surface area (Å²) >= 11 is 7.67. The zero-order valence-electron chi connectivity index (χ0n) is 19.1. The molecule has 2 heterocycles. The predicted molar refractivity (Wildman–Crippen MR) is 136 cm³/mol. The molecule has 1 aliphatic rings. The zero-order chi connectivity index (χ0) is 25.4. The molecule has 1 saturated heterocycles. The smallest absolute Gasteiger partial charge is 0.255 e. The van der Waals surface area contributed by atoms with Crippen LogP contribution >= 0.6 is 22.9 Å². The normalized spacial score (nSPS) is 18.0. The number of hydrogen-bond acceptors (Lipinski definition) is 5. The number of likely N-dealkylation sites (tertiary alicyclic amines) is 1. The van der Waals surface area contributed by atoms with Crippen LogP contribution in [-0.2, 0) is 22.6 Å². The van der Waals surface area contributed by atoms with Crippen LogP contribution in [0.25, 0.3) is 0 Å². The minimum Gasteiger partial charge on any atom is -0.380 e. The van der Waals surface area contributed by atoms with Crippen LogP contribution < -0.4 is 5.32 Å². The highest BCUT2D eigenvalue weighted by molar-refractivity contribution is 7.10. The van der Waals surface area contributed by atoms with Gasteiger partial charge in [0.2, 0.25) is 0 Å². The maximum absolute atomic E-state index is 12.8. The Hall–Kier alpha value is -2.78. The van der Waals surface area contributed by atoms with Crippen molar-refractivity contribution in [1.29, 1.82) is 0 Å². The highest BCUT2D eigenvalue weighted by Crippen LogP contribution is 2.26. The third-order valence-electron chi connectivity index (χ3n) is 5.84. The first-order valence-corrected chi connectivity index (χ1v) is 12.4. The number of carbonyl (C=O) groups excluding carboxylic acids is 2. The van der Waals surface area contributed by atoms with E-state index >= 15 is 0 Å². The summed E-state index contributed by atoms with van der Waals surface area (Å²) in [6.07, 6.45) is 2.68. The lowest BCUT2D eigenvalue weighted by Gasteiger charge is -2.29. The van der Waals surface area contributed by atoms with Gasteiger partial charge in [0.25, 0.3) is 11.8 Å². The van der Waals surface area contributed by atoms with Gasteiger partial charge in [-0.2, -0.15) is 0 Å². The molecule has 6 nitrogen and oxygen atoms in total. The van der Waals surface area contributed by atoms with E-state index in [0.29, 0.717) is 42.7 Å². The van der Waals surface area contributed by atoms with Crippen molar-refractivity contribution in [2.45, 2.75) is 44.1 Å². The lowest BCUT2D eigenvalue weighted by molar-refractivity contribution is -0.153. The lowest BCUT2D eigenvalue weighted by Crippen LogP contribution is -2.51. The first-order valence-electron chi connectivity index (χ1n) is 11.2. The van der Waals surface area contributed by atoms with Crippen LogP contribution in [0.4, 0.5) is 4.39 Å². The van der Waals surface area contributed by atoms with Crippen LogP contribution in [0, 0.1) is 0 Å². The fraction of sp³-hybridized carbons (Fsp3) is 0.308. The first-order chi connectivity index (χ1) is 16.8. The van der Waals surface area contributed by atoms with Gasteiger partial charge in [-0.3, -0.25) is 9.59 Å². The second-order valence-electron chi connectivity index (χ2n) is 8.18. The Morgan fingerprint density at radius 1 is 1.31 bits per heavy atom. The molecule has 1 aliphatic heterocycles. The fourth-order valence-corrected chi connectivity index (χ4v) is 5.07. The molecule has 186 valence electrons. The Kier molecular flexibility index (Phi) is 9.80. The summed E-state index contributed by atoms with van der Waals surface area (Å²) in [7, 11) is 0. The van der Waals surface area contributed by atoms with E-state index in [0.717, 1.165) is 16.0 Å². The van der Waals surface area contributed by atoms with Gasteiger partial charge in [-0.15, -0.1) is 11.3 Å². The monoisotopic (exact) mass is 518 g/mol. The first kappa shape index (κ1) is 26.8. The van der Waals surface area contributed by atoms with E-state index in [1.807, 2.05) is 35.7 Å². The van der Waals surface area contributed by atoms with Crippen LogP contribution in [-0.4, -0.2) is 51.7 Å². The number of aliphatic hydroxyl groups is 2. The third kappa shape index (κ3) is 6.89. The SMILES string of the molecule is C=C/C(=C\C=C\F)C1CCCN1C(=O)C(O)C(O)C(=O)NCc1cc(Cc2ccccc2Cl)cs1. The Morgan fingerprint density at radius 3 is 2.80 bits per heavy atom. The van der Waals surface area contributed by atoms with E-state index in [-0.39, 0.29) is 6.54 Å². The number of nitrogens with one attached hydrogen (secondary N) is 1. The number of benzene rings is 1. The molecule has 0 bridgehead atoms. The van der Waals surface area contributed by atoms with Gasteiger partial charge in [-0.1, -0.05) is 48.5 Å². The van der Waals surface area contributed by atoms with Gasteiger partial charge < -0.3 is 20.4 Å². The van der Waals surface area contributed by atoms with Crippen LogP contribution in [0.1, 0.15) is 28.8 Å². The highest BCUT2D eigenvalue weighted by atomic mass is 35.5. The molecule has 35 heavy (non-hydrogen) atoms. The molecule has 3 atom stereocenters. The lowest BCUT2D eigenvalue weighted by atomic mass is 10.0. The van der Waals surface area contributed by atoms with Crippen molar-refractivity contribution >= 4 is 34.8 Å². The standard InChI is InChI=1S/C26H28ClFN2O4S/c1-2-18(8-5-11-28)22-10-6-12-30(22)26(34)24(32)23(31)25(33)29-15-20-14-17(16-35-20)13-19-7-3-4-9-21(19)27/h2-5,7-9,11,14,16,22-24,31-32H,1,6,10,12-13,15H2,(H,29,33)/b11-5+,18-8+. The molecule has 0 saturated carbocycles. The molecule has 0 spiro atoms. The van der Waals surface area contributed by atoms with Gasteiger partial charge in [-0.25, -0.2) is 4.39 Å². The van der Waals surface area contributed by atoms with E-state index in [9.17, 15) is 24.2 Å². The van der Waals surface area contributed by atoms with Gasteiger partial charge in [0.05, 0.1) is 18.9 Å². The molecule has 2 amide bonds. The Morgan fingerprint density at radius 2 is 2.09 bits per heavy atom. The van der Waals surface area contributed by atoms with Crippen molar-refractivity contribution in [2.24, 2.45) is 0 Å². The van der Waals surface area contributed by atoms with Crippen molar-refractivity contribution in [3.05, 3.63) is 93.4 Å². The molecule has 9 heteroatoms. The molecular weight excluding hydrogens is 491 g/mol. The minimum absolute atomic E-state index is 0.148. The zero-order valence-corrected chi connectivity index (χ0v) is 20.6. The van der Waals surface area contributed by atoms with Gasteiger partial charge in [0, 0.05) is 16.4 Å². The summed E-state index contributed by atoms with van der Waals surface area (Å²) in [4.78, 5) is 27.5. The number of carbonyl (C=O) groups is 2. The van der Waals surface area contributed by atoms with Gasteiger partial charge in [-0.05, 0) is 59.6 Å². The second kappa shape index (κ2) is 12.8. The van der Waals surface area contributed by atoms with E-state index < -0.39 is 30.1 Å². The third-order valence-corrected chi connectivity index (χ3v) is 7.19. The minimum atomic E-state index is -1.92. The number of halogens is 2. The Labute approximate surface area is 213 Å². The topological polar surface area (TPSA) is 89.9 Å². The van der Waals surface area contributed by atoms with Crippen molar-refractivity contribution in [2.75, 3.05) is 6.54 Å². The van der Waals surface area contributed by atoms with Crippen LogP contribution in [0.5, 0.6) is 0 Å². The number of allylic oxidation sites excluding steroid dienone is 2. The number of thiophene rings is 1. The number of amides is 2. The highest BCUT2D eigenvalue weighted by Gasteiger charge is 2.38. The predicted octanol–water partition coefficient (Wildman–Crippen LogP) is 3.92. The summed E-state index contributed by atoms with van der Waals surface area (Å²) in [5, 5.41) is 26.0. The summed E-state index contributed by atoms with van der Waals surface area (Å²) in [6, 6.07) is 9.09. The van der Waals surface area contributed by atoms with Gasteiger partial charge >= 0.3 is 0 Å². The number of nitrogens with zero attached hydrogens (tertiary/aromatic N) is 1. The largest absolute Gasteiger partial charge is 0.380 e. The van der Waals surface area contributed by atoms with Crippen molar-refractivity contribution in [3.8, 4) is 0 Å². The van der Waals surface area contributed by atoms with E-state index in [2.05, 4.69) is 11.9 Å². The molecule has 0 radical (unpaired) electrons. The van der Waals surface area contributed by atoms with Crippen molar-refractivity contribution < 1.29 is 24.2 Å². The fourth-order valence-electron chi connectivity index (χ4n) is 4.04. The average molecular weight is 519 g/mol. The second-order valence-corrected chi connectivity index (χ2v) is 9.58. The van der Waals surface area contributed by atoms with Crippen LogP contribution in [0.15, 0.2) is 72.4 Å². The molecule has 3 unspecified atom stereocenters. The number of hydrogen-bond donors (Lipinski definition) is 3. The molecule has 1 aromatic carbocycles. The average Bonchev–Trinajstić information content (AvgIpc) is 3.53. The van der Waals surface area contributed by atoms with Crippen molar-refractivity contribution in [3.63, 3.8) is 0 Å². The van der Waals surface area contributed by atoms with Gasteiger partial charge in [0.1, 0.15) is 0 Å². The Balaban J connectivity index is 1.56. The van der Waals surface area contributed by atoms with Crippen LogP contribution in [0.3, 0.4) is 0 Å². The van der Waals surface area contributed by atoms with Gasteiger partial charge in [0.15, 0.2) is 12.2 Å². The molecule has 1 aromatic heterocycles. The maximum Gasteiger partial charge on any atom is 0.255 e. The molecule has 3 rings (SSSR count). The van der Waals surface area contributed by atoms with E-state index in [4.69, 9.17) is 11.6 Å². The molecule has 2 aromatic rings. The summed E-state index contributed by atoms with van der Waals surface area (Å²) in [5.74, 6) is -1.60. The maximum atomic E-state index is 12.8. The quantitative estimate of drug-likeness (QED) is 0.416. The number of rotatable bonds is 10. The number of aliphatic hydroxyl groups excluding tert-OH is 2. The molecular formula is C26H28ClFN2O4S. The van der Waals surface area contributed by atoms with E-state index in [1.54, 1.807) is 0 Å². The molecule has 0 aliphatic carbocycles.